The lowest BCUT2D eigenvalue weighted by Gasteiger charge is -2.42. The molecule has 190 valence electrons. The van der Waals surface area contributed by atoms with Crippen LogP contribution in [0, 0.1) is 5.82 Å². The lowest BCUT2D eigenvalue weighted by molar-refractivity contribution is -0.133. The molecule has 2 aliphatic heterocycles. The molecule has 3 heterocycles. The summed E-state index contributed by atoms with van der Waals surface area (Å²) in [5.41, 5.74) is 1.60. The van der Waals surface area contributed by atoms with Crippen molar-refractivity contribution in [2.45, 2.75) is 44.8 Å². The molecule has 5 rings (SSSR count). The second-order valence-corrected chi connectivity index (χ2v) is 10.2. The molecule has 0 bridgehead atoms. The van der Waals surface area contributed by atoms with Crippen molar-refractivity contribution >= 4 is 22.8 Å². The Balaban J connectivity index is 1.67. The first-order valence-corrected chi connectivity index (χ1v) is 12.1. The van der Waals surface area contributed by atoms with Crippen LogP contribution >= 0.6 is 0 Å². The van der Waals surface area contributed by atoms with Crippen molar-refractivity contribution in [1.29, 1.82) is 0 Å². The van der Waals surface area contributed by atoms with Gasteiger partial charge in [0.25, 0.3) is 5.91 Å². The lowest BCUT2D eigenvalue weighted by Crippen LogP contribution is -2.53. The van der Waals surface area contributed by atoms with Gasteiger partial charge in [-0.1, -0.05) is 12.1 Å². The number of H-pyrrole nitrogens is 1. The Labute approximate surface area is 209 Å². The molecule has 8 nitrogen and oxygen atoms in total. The van der Waals surface area contributed by atoms with Crippen LogP contribution in [0.5, 0.6) is 11.5 Å². The number of methoxy groups -OCH3 is 1. The van der Waals surface area contributed by atoms with Crippen molar-refractivity contribution in [1.82, 2.24) is 19.7 Å². The van der Waals surface area contributed by atoms with E-state index in [1.807, 2.05) is 13.1 Å². The molecule has 3 amide bonds. The second kappa shape index (κ2) is 8.51. The van der Waals surface area contributed by atoms with Crippen molar-refractivity contribution in [2.75, 3.05) is 27.2 Å². The van der Waals surface area contributed by atoms with Crippen LogP contribution in [0.3, 0.4) is 0 Å². The number of ether oxygens (including phenoxy) is 1. The topological polar surface area (TPSA) is 89.1 Å². The molecule has 3 aromatic rings. The summed E-state index contributed by atoms with van der Waals surface area (Å²) >= 11 is 0. The highest BCUT2D eigenvalue weighted by molar-refractivity contribution is 6.08. The summed E-state index contributed by atoms with van der Waals surface area (Å²) in [5.74, 6) is -0.600. The van der Waals surface area contributed by atoms with Crippen molar-refractivity contribution in [3.05, 3.63) is 59.0 Å². The minimum absolute atomic E-state index is 0.0542. The van der Waals surface area contributed by atoms with Gasteiger partial charge in [-0.3, -0.25) is 14.6 Å². The smallest absolute Gasteiger partial charge is 0.328 e. The predicted molar refractivity (Wildman–Crippen MR) is 134 cm³/mol. The van der Waals surface area contributed by atoms with Gasteiger partial charge < -0.3 is 19.7 Å². The number of likely N-dealkylation sites (N-methyl/N-ethyl adjacent to an activating group) is 1. The molecule has 1 fully saturated rings. The predicted octanol–water partition coefficient (Wildman–Crippen LogP) is 4.03. The molecule has 1 aromatic heterocycles. The maximum absolute atomic E-state index is 14.5. The van der Waals surface area contributed by atoms with Gasteiger partial charge in [-0.25, -0.2) is 9.18 Å². The zero-order chi connectivity index (χ0) is 25.9. The first-order valence-electron chi connectivity index (χ1n) is 12.1. The summed E-state index contributed by atoms with van der Waals surface area (Å²) in [5, 5.41) is 11.0. The number of rotatable bonds is 6. The number of halogens is 1. The molecular weight excluding hydrogens is 463 g/mol. The third-order valence-electron chi connectivity index (χ3n) is 7.68. The van der Waals surface area contributed by atoms with Crippen molar-refractivity contribution in [3.63, 3.8) is 0 Å². The van der Waals surface area contributed by atoms with E-state index in [0.29, 0.717) is 23.3 Å². The second-order valence-electron chi connectivity index (χ2n) is 10.2. The maximum atomic E-state index is 14.5. The fourth-order valence-corrected chi connectivity index (χ4v) is 5.43. The summed E-state index contributed by atoms with van der Waals surface area (Å²) in [6.07, 6.45) is 0.271. The number of nitrogens with one attached hydrogen (secondary N) is 1. The number of urea groups is 1. The van der Waals surface area contributed by atoms with Crippen molar-refractivity contribution in [3.8, 4) is 11.5 Å². The number of phenolic OH excluding ortho intramolecular Hbond substituents is 1. The molecule has 1 saturated heterocycles. The molecule has 2 atom stereocenters. The fraction of sp³-hybridized carbons (Fsp3) is 0.407. The van der Waals surface area contributed by atoms with E-state index in [-0.39, 0.29) is 42.4 Å². The van der Waals surface area contributed by atoms with E-state index in [0.717, 1.165) is 10.9 Å². The molecule has 36 heavy (non-hydrogen) atoms. The number of nitrogens with zero attached hydrogens (tertiary/aromatic N) is 3. The number of hydrogen-bond acceptors (Lipinski definition) is 5. The number of aromatic amines is 1. The van der Waals surface area contributed by atoms with E-state index in [2.05, 4.69) is 23.7 Å². The van der Waals surface area contributed by atoms with Crippen LogP contribution < -0.4 is 4.74 Å². The molecule has 2 aromatic carbocycles. The summed E-state index contributed by atoms with van der Waals surface area (Å²) in [6, 6.07) is 8.92. The normalized spacial score (nSPS) is 21.6. The summed E-state index contributed by atoms with van der Waals surface area (Å²) in [4.78, 5) is 36.0. The van der Waals surface area contributed by atoms with Gasteiger partial charge in [0, 0.05) is 48.2 Å². The SMILES string of the molecule is COc1cc2c3c([nH]c2cc1F)[C@@H](c1cccc(O)c1)N1C(=O)N(CCN(C)C(C)C)C(=O)[C@]1(C)C3. The number of aromatic hydroxyl groups is 1. The summed E-state index contributed by atoms with van der Waals surface area (Å²) in [7, 11) is 3.37. The Morgan fingerprint density at radius 3 is 2.69 bits per heavy atom. The molecular formula is C27H31FN4O4. The van der Waals surface area contributed by atoms with E-state index < -0.39 is 17.4 Å². The average Bonchev–Trinajstić information content (AvgIpc) is 3.26. The van der Waals surface area contributed by atoms with E-state index >= 15 is 0 Å². The molecule has 0 spiro atoms. The van der Waals surface area contributed by atoms with Crippen molar-refractivity contribution in [2.24, 2.45) is 0 Å². The molecule has 0 unspecified atom stereocenters. The van der Waals surface area contributed by atoms with Crippen LogP contribution in [0.1, 0.15) is 43.6 Å². The number of carbonyl (C=O) groups is 2. The molecule has 0 aliphatic carbocycles. The van der Waals surface area contributed by atoms with E-state index in [4.69, 9.17) is 4.74 Å². The van der Waals surface area contributed by atoms with Crippen molar-refractivity contribution < 1.29 is 23.8 Å². The minimum atomic E-state index is -1.15. The first-order chi connectivity index (χ1) is 17.1. The molecule has 9 heteroatoms. The molecule has 0 saturated carbocycles. The summed E-state index contributed by atoms with van der Waals surface area (Å²) in [6.45, 7) is 6.74. The standard InChI is InChI=1S/C27H31FN4O4/c1-15(2)30(4)9-10-31-25(34)27(3)14-19-18-12-22(36-5)20(28)13-21(18)29-23(19)24(32(27)26(31)35)16-7-6-8-17(33)11-16/h6-8,11-13,15,24,29,33H,9-10,14H2,1-5H3/t24-,27+/m1/s1. The summed E-state index contributed by atoms with van der Waals surface area (Å²) < 4.78 is 19.8. The van der Waals surface area contributed by atoms with Crippen LogP contribution in [-0.4, -0.2) is 75.6 Å². The highest BCUT2D eigenvalue weighted by Crippen LogP contribution is 2.49. The molecule has 2 aliphatic rings. The Morgan fingerprint density at radius 2 is 2.03 bits per heavy atom. The largest absolute Gasteiger partial charge is 0.508 e. The number of phenols is 1. The van der Waals surface area contributed by atoms with Gasteiger partial charge in [-0.2, -0.15) is 0 Å². The van der Waals surface area contributed by atoms with Gasteiger partial charge >= 0.3 is 6.03 Å². The molecule has 2 N–H and O–H groups in total. The number of aromatic nitrogens is 1. The quantitative estimate of drug-likeness (QED) is 0.505. The van der Waals surface area contributed by atoms with Gasteiger partial charge in [0.15, 0.2) is 11.6 Å². The van der Waals surface area contributed by atoms with E-state index in [1.54, 1.807) is 36.1 Å². The Kier molecular flexibility index (Phi) is 5.70. The highest BCUT2D eigenvalue weighted by atomic mass is 19.1. The number of amides is 3. The fourth-order valence-electron chi connectivity index (χ4n) is 5.43. The third-order valence-corrected chi connectivity index (χ3v) is 7.68. The van der Waals surface area contributed by atoms with Crippen LogP contribution in [0.4, 0.5) is 9.18 Å². The average molecular weight is 495 g/mol. The molecule has 0 radical (unpaired) electrons. The minimum Gasteiger partial charge on any atom is -0.508 e. The van der Waals surface area contributed by atoms with Gasteiger partial charge in [-0.15, -0.1) is 0 Å². The maximum Gasteiger partial charge on any atom is 0.328 e. The number of benzene rings is 2. The van der Waals surface area contributed by atoms with E-state index in [1.165, 1.54) is 18.1 Å². The number of hydrogen-bond donors (Lipinski definition) is 2. The monoisotopic (exact) mass is 494 g/mol. The number of fused-ring (bicyclic) bond motifs is 4. The van der Waals surface area contributed by atoms with Crippen LogP contribution in [0.25, 0.3) is 10.9 Å². The Hall–Kier alpha value is -3.59. The zero-order valence-corrected chi connectivity index (χ0v) is 21.1. The number of imide groups is 1. The highest BCUT2D eigenvalue weighted by Gasteiger charge is 2.60. The van der Waals surface area contributed by atoms with Gasteiger partial charge in [-0.05, 0) is 57.1 Å². The van der Waals surface area contributed by atoms with E-state index in [9.17, 15) is 19.1 Å². The first kappa shape index (κ1) is 24.1. The van der Waals surface area contributed by atoms with Gasteiger partial charge in [0.1, 0.15) is 17.3 Å². The number of carbonyl (C=O) groups excluding carboxylic acids is 2. The van der Waals surface area contributed by atoms with Crippen LogP contribution in [0.15, 0.2) is 36.4 Å². The zero-order valence-electron chi connectivity index (χ0n) is 21.1. The van der Waals surface area contributed by atoms with Gasteiger partial charge in [0.05, 0.1) is 7.11 Å². The van der Waals surface area contributed by atoms with Crippen LogP contribution in [-0.2, 0) is 11.2 Å². The Bertz CT molecular complexity index is 1370. The lowest BCUT2D eigenvalue weighted by atomic mass is 9.81. The Morgan fingerprint density at radius 1 is 1.28 bits per heavy atom. The third kappa shape index (κ3) is 3.52. The van der Waals surface area contributed by atoms with Gasteiger partial charge in [0.2, 0.25) is 0 Å². The van der Waals surface area contributed by atoms with Crippen LogP contribution in [0.2, 0.25) is 0 Å².